The Hall–Kier alpha value is -1.86. The monoisotopic (exact) mass is 446 g/mol. The maximum absolute atomic E-state index is 12.9. The molecule has 30 heavy (non-hydrogen) atoms. The fourth-order valence-electron chi connectivity index (χ4n) is 4.23. The van der Waals surface area contributed by atoms with Gasteiger partial charge in [-0.1, -0.05) is 0 Å². The highest BCUT2D eigenvalue weighted by Gasteiger charge is 2.29. The summed E-state index contributed by atoms with van der Waals surface area (Å²) in [5, 5.41) is 8.72. The van der Waals surface area contributed by atoms with E-state index in [2.05, 4.69) is 16.0 Å². The molecule has 5 nitrogen and oxygen atoms in total. The number of esters is 1. The lowest BCUT2D eigenvalue weighted by Gasteiger charge is -2.21. The molecule has 162 valence electrons. The summed E-state index contributed by atoms with van der Waals surface area (Å²) >= 11 is 3.33. The van der Waals surface area contributed by atoms with Crippen LogP contribution in [-0.4, -0.2) is 17.6 Å². The fourth-order valence-corrected chi connectivity index (χ4v) is 6.65. The minimum atomic E-state index is -0.571. The van der Waals surface area contributed by atoms with Gasteiger partial charge in [0.05, 0.1) is 5.56 Å². The first-order chi connectivity index (χ1) is 14.3. The number of hydrogen-bond acceptors (Lipinski definition) is 5. The SMILES string of the molecule is CC(C)(C)OC(=O)c1c(NC(=O)NCc2csc3c2CCCC3)sc2c1CCCC2. The molecule has 0 saturated heterocycles. The number of amides is 2. The lowest BCUT2D eigenvalue weighted by atomic mass is 9.95. The zero-order valence-corrected chi connectivity index (χ0v) is 19.6. The Morgan fingerprint density at radius 3 is 2.40 bits per heavy atom. The zero-order valence-electron chi connectivity index (χ0n) is 18.0. The van der Waals surface area contributed by atoms with E-state index >= 15 is 0 Å². The largest absolute Gasteiger partial charge is 0.456 e. The molecule has 0 fully saturated rings. The summed E-state index contributed by atoms with van der Waals surface area (Å²) in [6, 6.07) is -0.269. The third-order valence-electron chi connectivity index (χ3n) is 5.59. The Morgan fingerprint density at radius 2 is 1.67 bits per heavy atom. The van der Waals surface area contributed by atoms with Crippen LogP contribution in [0.5, 0.6) is 0 Å². The highest BCUT2D eigenvalue weighted by Crippen LogP contribution is 2.39. The van der Waals surface area contributed by atoms with Gasteiger partial charge >= 0.3 is 12.0 Å². The van der Waals surface area contributed by atoms with Gasteiger partial charge in [-0.3, -0.25) is 5.32 Å². The van der Waals surface area contributed by atoms with Gasteiger partial charge in [0, 0.05) is 16.3 Å². The average molecular weight is 447 g/mol. The summed E-state index contributed by atoms with van der Waals surface area (Å²) in [4.78, 5) is 28.3. The van der Waals surface area contributed by atoms with Gasteiger partial charge in [0.15, 0.2) is 0 Å². The summed E-state index contributed by atoms with van der Waals surface area (Å²) in [7, 11) is 0. The molecule has 0 aromatic carbocycles. The highest BCUT2D eigenvalue weighted by molar-refractivity contribution is 7.17. The lowest BCUT2D eigenvalue weighted by molar-refractivity contribution is 0.00699. The summed E-state index contributed by atoms with van der Waals surface area (Å²) in [5.74, 6) is -0.343. The Morgan fingerprint density at radius 1 is 1.00 bits per heavy atom. The van der Waals surface area contributed by atoms with E-state index in [1.54, 1.807) is 11.3 Å². The molecule has 0 unspecified atom stereocenters. The first-order valence-corrected chi connectivity index (χ1v) is 12.5. The number of aryl methyl sites for hydroxylation is 2. The lowest BCUT2D eigenvalue weighted by Crippen LogP contribution is -2.29. The Bertz CT molecular complexity index is 953. The van der Waals surface area contributed by atoms with Crippen molar-refractivity contribution >= 4 is 39.7 Å². The topological polar surface area (TPSA) is 67.4 Å². The molecule has 2 aromatic rings. The number of ether oxygens (including phenoxy) is 1. The maximum Gasteiger partial charge on any atom is 0.341 e. The Labute approximate surface area is 186 Å². The van der Waals surface area contributed by atoms with Gasteiger partial charge in [-0.25, -0.2) is 9.59 Å². The van der Waals surface area contributed by atoms with Crippen molar-refractivity contribution in [2.45, 2.75) is 84.3 Å². The van der Waals surface area contributed by atoms with Crippen LogP contribution in [0.2, 0.25) is 0 Å². The fraction of sp³-hybridized carbons (Fsp3) is 0.565. The van der Waals surface area contributed by atoms with E-state index in [0.29, 0.717) is 17.1 Å². The van der Waals surface area contributed by atoms with Crippen molar-refractivity contribution < 1.29 is 14.3 Å². The van der Waals surface area contributed by atoms with E-state index in [4.69, 9.17) is 4.74 Å². The van der Waals surface area contributed by atoms with Crippen LogP contribution in [0.15, 0.2) is 5.38 Å². The smallest absolute Gasteiger partial charge is 0.341 e. The van der Waals surface area contributed by atoms with Crippen molar-refractivity contribution in [3.05, 3.63) is 37.4 Å². The number of nitrogens with one attached hydrogen (secondary N) is 2. The molecule has 2 amide bonds. The second-order valence-electron chi connectivity index (χ2n) is 9.09. The molecule has 0 saturated carbocycles. The predicted octanol–water partition coefficient (Wildman–Crippen LogP) is 5.84. The van der Waals surface area contributed by atoms with Crippen LogP contribution in [0, 0.1) is 0 Å². The number of urea groups is 1. The van der Waals surface area contributed by atoms with Crippen LogP contribution in [0.3, 0.4) is 0 Å². The van der Waals surface area contributed by atoms with Gasteiger partial charge in [-0.2, -0.15) is 0 Å². The molecule has 7 heteroatoms. The number of anilines is 1. The first-order valence-electron chi connectivity index (χ1n) is 10.8. The second kappa shape index (κ2) is 8.71. The van der Waals surface area contributed by atoms with Crippen LogP contribution in [0.1, 0.15) is 83.3 Å². The number of carbonyl (C=O) groups is 2. The molecular formula is C23H30N2O3S2. The molecule has 0 radical (unpaired) electrons. The molecule has 0 bridgehead atoms. The van der Waals surface area contributed by atoms with Crippen molar-refractivity contribution in [1.29, 1.82) is 0 Å². The molecular weight excluding hydrogens is 416 g/mol. The summed E-state index contributed by atoms with van der Waals surface area (Å²) in [6.45, 7) is 6.12. The number of carbonyl (C=O) groups excluding carboxylic acids is 2. The van der Waals surface area contributed by atoms with Crippen LogP contribution in [0.4, 0.5) is 9.80 Å². The Balaban J connectivity index is 1.48. The highest BCUT2D eigenvalue weighted by atomic mass is 32.1. The Kier molecular flexibility index (Phi) is 6.21. The van der Waals surface area contributed by atoms with Crippen molar-refractivity contribution in [2.24, 2.45) is 0 Å². The van der Waals surface area contributed by atoms with Crippen LogP contribution < -0.4 is 10.6 Å². The quantitative estimate of drug-likeness (QED) is 0.580. The third-order valence-corrected chi connectivity index (χ3v) is 7.93. The predicted molar refractivity (Wildman–Crippen MR) is 123 cm³/mol. The van der Waals surface area contributed by atoms with Gasteiger partial charge < -0.3 is 10.1 Å². The minimum absolute atomic E-state index is 0.269. The molecule has 2 heterocycles. The van der Waals surface area contributed by atoms with Crippen molar-refractivity contribution in [3.8, 4) is 0 Å². The number of hydrogen-bond donors (Lipinski definition) is 2. The first kappa shape index (κ1) is 21.4. The normalized spacial score (nSPS) is 15.8. The molecule has 2 aliphatic rings. The second-order valence-corrected chi connectivity index (χ2v) is 11.2. The van der Waals surface area contributed by atoms with Gasteiger partial charge in [-0.15, -0.1) is 22.7 Å². The molecule has 0 spiro atoms. The molecule has 0 aliphatic heterocycles. The van der Waals surface area contributed by atoms with Gasteiger partial charge in [0.1, 0.15) is 10.6 Å². The summed E-state index contributed by atoms with van der Waals surface area (Å²) in [6.07, 6.45) is 8.76. The molecule has 2 N–H and O–H groups in total. The van der Waals surface area contributed by atoms with E-state index < -0.39 is 5.60 Å². The van der Waals surface area contributed by atoms with Gasteiger partial charge in [-0.05, 0) is 94.2 Å². The van der Waals surface area contributed by atoms with Crippen LogP contribution in [-0.2, 0) is 37.0 Å². The van der Waals surface area contributed by atoms with Crippen LogP contribution >= 0.6 is 22.7 Å². The molecule has 2 aliphatic carbocycles. The number of thiophene rings is 2. The van der Waals surface area contributed by atoms with E-state index in [1.807, 2.05) is 20.8 Å². The number of rotatable bonds is 4. The third kappa shape index (κ3) is 4.72. The van der Waals surface area contributed by atoms with E-state index in [0.717, 1.165) is 44.1 Å². The van der Waals surface area contributed by atoms with E-state index in [9.17, 15) is 9.59 Å². The maximum atomic E-state index is 12.9. The van der Waals surface area contributed by atoms with Crippen molar-refractivity contribution in [1.82, 2.24) is 5.32 Å². The zero-order chi connectivity index (χ0) is 21.3. The van der Waals surface area contributed by atoms with Crippen molar-refractivity contribution in [3.63, 3.8) is 0 Å². The minimum Gasteiger partial charge on any atom is -0.456 e. The number of fused-ring (bicyclic) bond motifs is 2. The summed E-state index contributed by atoms with van der Waals surface area (Å²) in [5.41, 5.74) is 3.68. The van der Waals surface area contributed by atoms with E-state index in [1.165, 1.54) is 45.1 Å². The molecule has 2 aromatic heterocycles. The van der Waals surface area contributed by atoms with Gasteiger partial charge in [0.2, 0.25) is 0 Å². The van der Waals surface area contributed by atoms with Gasteiger partial charge in [0.25, 0.3) is 0 Å². The van der Waals surface area contributed by atoms with Crippen molar-refractivity contribution in [2.75, 3.05) is 5.32 Å². The van der Waals surface area contributed by atoms with E-state index in [-0.39, 0.29) is 12.0 Å². The summed E-state index contributed by atoms with van der Waals surface area (Å²) < 4.78 is 5.65. The molecule has 4 rings (SSSR count). The average Bonchev–Trinajstić information content (AvgIpc) is 3.26. The standard InChI is InChI=1S/C23H30N2O3S2/c1-23(2,3)28-21(26)19-16-9-5-7-11-18(16)30-20(19)25-22(27)24-12-14-13-29-17-10-6-4-8-15(14)17/h13H,4-12H2,1-3H3,(H2,24,25,27). The van der Waals surface area contributed by atoms with Crippen LogP contribution in [0.25, 0.3) is 0 Å². The molecule has 0 atom stereocenters.